The van der Waals surface area contributed by atoms with Gasteiger partial charge in [0.15, 0.2) is 5.13 Å². The van der Waals surface area contributed by atoms with Crippen LogP contribution in [0.4, 0.5) is 5.13 Å². The van der Waals surface area contributed by atoms with Crippen LogP contribution < -0.4 is 11.1 Å². The summed E-state index contributed by atoms with van der Waals surface area (Å²) < 4.78 is 0. The van der Waals surface area contributed by atoms with Gasteiger partial charge >= 0.3 is 0 Å². The van der Waals surface area contributed by atoms with Crippen LogP contribution in [0.25, 0.3) is 0 Å². The van der Waals surface area contributed by atoms with Gasteiger partial charge in [0, 0.05) is 12.6 Å². The Labute approximate surface area is 98.7 Å². The number of aliphatic hydroxyl groups excluding tert-OH is 1. The number of aryl methyl sites for hydroxylation is 1. The lowest BCUT2D eigenvalue weighted by Crippen LogP contribution is -2.32. The zero-order valence-corrected chi connectivity index (χ0v) is 10.3. The number of aromatic nitrogens is 1. The van der Waals surface area contributed by atoms with Crippen molar-refractivity contribution in [2.24, 2.45) is 0 Å². The minimum atomic E-state index is -0.142. The molecule has 4 N–H and O–H groups in total. The van der Waals surface area contributed by atoms with Gasteiger partial charge < -0.3 is 16.2 Å². The highest BCUT2D eigenvalue weighted by atomic mass is 32.1. The van der Waals surface area contributed by atoms with E-state index in [1.807, 2.05) is 6.92 Å². The van der Waals surface area contributed by atoms with Crippen molar-refractivity contribution in [2.75, 3.05) is 12.3 Å². The molecule has 1 heterocycles. The van der Waals surface area contributed by atoms with Crippen molar-refractivity contribution in [1.82, 2.24) is 10.3 Å². The van der Waals surface area contributed by atoms with Gasteiger partial charge in [0.05, 0.1) is 5.69 Å². The molecule has 0 aliphatic carbocycles. The maximum atomic E-state index is 11.8. The Morgan fingerprint density at radius 3 is 2.88 bits per heavy atom. The molecule has 0 radical (unpaired) electrons. The lowest BCUT2D eigenvalue weighted by atomic mass is 10.2. The molecule has 16 heavy (non-hydrogen) atoms. The molecule has 6 heteroatoms. The summed E-state index contributed by atoms with van der Waals surface area (Å²) >= 11 is 1.19. The summed E-state index contributed by atoms with van der Waals surface area (Å²) in [5.74, 6) is -0.142. The van der Waals surface area contributed by atoms with Crippen LogP contribution in [0, 0.1) is 6.92 Å². The van der Waals surface area contributed by atoms with Gasteiger partial charge in [-0.15, -0.1) is 0 Å². The van der Waals surface area contributed by atoms with Gasteiger partial charge in [-0.3, -0.25) is 4.79 Å². The molecule has 1 atom stereocenters. The standard InChI is InChI=1S/C10H17N3O2S/c1-6(4-3-5-14)12-9(15)8-7(2)13-10(11)16-8/h6,14H,3-5H2,1-2H3,(H2,11,13)(H,12,15). The highest BCUT2D eigenvalue weighted by molar-refractivity contribution is 7.17. The summed E-state index contributed by atoms with van der Waals surface area (Å²) in [6.45, 7) is 3.82. The topological polar surface area (TPSA) is 88.2 Å². The first-order valence-electron chi connectivity index (χ1n) is 5.19. The molecule has 0 aromatic carbocycles. The van der Waals surface area contributed by atoms with E-state index < -0.39 is 0 Å². The van der Waals surface area contributed by atoms with E-state index in [-0.39, 0.29) is 18.6 Å². The summed E-state index contributed by atoms with van der Waals surface area (Å²) in [7, 11) is 0. The van der Waals surface area contributed by atoms with E-state index in [0.717, 1.165) is 6.42 Å². The van der Waals surface area contributed by atoms with E-state index in [1.54, 1.807) is 6.92 Å². The number of hydrogen-bond donors (Lipinski definition) is 3. The average Bonchev–Trinajstić information content (AvgIpc) is 2.54. The van der Waals surface area contributed by atoms with Gasteiger partial charge in [0.1, 0.15) is 4.88 Å². The van der Waals surface area contributed by atoms with Gasteiger partial charge in [-0.25, -0.2) is 4.98 Å². The third kappa shape index (κ3) is 3.46. The van der Waals surface area contributed by atoms with Crippen molar-refractivity contribution in [3.8, 4) is 0 Å². The Bertz CT molecular complexity index is 365. The fourth-order valence-electron chi connectivity index (χ4n) is 1.39. The molecule has 1 unspecified atom stereocenters. The van der Waals surface area contributed by atoms with E-state index in [4.69, 9.17) is 10.8 Å². The quantitative estimate of drug-likeness (QED) is 0.717. The van der Waals surface area contributed by atoms with Crippen LogP contribution in [0.3, 0.4) is 0 Å². The van der Waals surface area contributed by atoms with E-state index in [1.165, 1.54) is 11.3 Å². The molecule has 1 amide bonds. The fraction of sp³-hybridized carbons (Fsp3) is 0.600. The van der Waals surface area contributed by atoms with Crippen molar-refractivity contribution in [3.05, 3.63) is 10.6 Å². The fourth-order valence-corrected chi connectivity index (χ4v) is 2.12. The van der Waals surface area contributed by atoms with Crippen molar-refractivity contribution in [1.29, 1.82) is 0 Å². The Morgan fingerprint density at radius 1 is 1.69 bits per heavy atom. The van der Waals surface area contributed by atoms with Crippen LogP contribution in [-0.2, 0) is 0 Å². The van der Waals surface area contributed by atoms with E-state index in [2.05, 4.69) is 10.3 Å². The first-order valence-corrected chi connectivity index (χ1v) is 6.01. The molecule has 90 valence electrons. The van der Waals surface area contributed by atoms with Gasteiger partial charge in [-0.05, 0) is 26.7 Å². The molecule has 0 aliphatic rings. The SMILES string of the molecule is Cc1nc(N)sc1C(=O)NC(C)CCCO. The van der Waals surface area contributed by atoms with Gasteiger partial charge in [0.25, 0.3) is 5.91 Å². The van der Waals surface area contributed by atoms with E-state index in [9.17, 15) is 4.79 Å². The third-order valence-corrected chi connectivity index (χ3v) is 3.18. The smallest absolute Gasteiger partial charge is 0.263 e. The highest BCUT2D eigenvalue weighted by Crippen LogP contribution is 2.19. The average molecular weight is 243 g/mol. The van der Waals surface area contributed by atoms with Crippen molar-refractivity contribution < 1.29 is 9.90 Å². The lowest BCUT2D eigenvalue weighted by Gasteiger charge is -2.12. The number of aliphatic hydroxyl groups is 1. The highest BCUT2D eigenvalue weighted by Gasteiger charge is 2.15. The zero-order valence-electron chi connectivity index (χ0n) is 9.49. The van der Waals surface area contributed by atoms with Crippen LogP contribution in [0.5, 0.6) is 0 Å². The number of carbonyl (C=O) groups is 1. The molecule has 5 nitrogen and oxygen atoms in total. The summed E-state index contributed by atoms with van der Waals surface area (Å²) in [5, 5.41) is 11.9. The number of nitrogens with zero attached hydrogens (tertiary/aromatic N) is 1. The number of carbonyl (C=O) groups excluding carboxylic acids is 1. The van der Waals surface area contributed by atoms with Crippen LogP contribution in [0.15, 0.2) is 0 Å². The number of hydrogen-bond acceptors (Lipinski definition) is 5. The van der Waals surface area contributed by atoms with Crippen LogP contribution in [0.1, 0.15) is 35.1 Å². The second kappa shape index (κ2) is 5.81. The lowest BCUT2D eigenvalue weighted by molar-refractivity contribution is 0.0939. The second-order valence-electron chi connectivity index (χ2n) is 3.71. The number of anilines is 1. The summed E-state index contributed by atoms with van der Waals surface area (Å²) in [5.41, 5.74) is 6.18. The minimum absolute atomic E-state index is 0.0439. The Balaban J connectivity index is 2.55. The number of nitrogens with one attached hydrogen (secondary N) is 1. The molecule has 0 aliphatic heterocycles. The van der Waals surface area contributed by atoms with Crippen molar-refractivity contribution in [3.63, 3.8) is 0 Å². The predicted molar refractivity (Wildman–Crippen MR) is 64.5 cm³/mol. The second-order valence-corrected chi connectivity index (χ2v) is 4.74. The predicted octanol–water partition coefficient (Wildman–Crippen LogP) is 0.925. The van der Waals surface area contributed by atoms with Gasteiger partial charge in [0.2, 0.25) is 0 Å². The first-order chi connectivity index (χ1) is 7.54. The molecule has 0 fully saturated rings. The Kier molecular flexibility index (Phi) is 4.70. The maximum absolute atomic E-state index is 11.8. The number of rotatable bonds is 5. The first kappa shape index (κ1) is 12.9. The molecule has 0 saturated heterocycles. The molecule has 1 aromatic rings. The number of nitrogens with two attached hydrogens (primary N) is 1. The minimum Gasteiger partial charge on any atom is -0.396 e. The van der Waals surface area contributed by atoms with Crippen LogP contribution in [0.2, 0.25) is 0 Å². The molecule has 0 bridgehead atoms. The number of nitrogen functional groups attached to an aromatic ring is 1. The molecular formula is C10H17N3O2S. The summed E-state index contributed by atoms with van der Waals surface area (Å²) in [4.78, 5) is 16.4. The number of thiazole rings is 1. The summed E-state index contributed by atoms with van der Waals surface area (Å²) in [6.07, 6.45) is 1.45. The Morgan fingerprint density at radius 2 is 2.38 bits per heavy atom. The van der Waals surface area contributed by atoms with Crippen molar-refractivity contribution in [2.45, 2.75) is 32.7 Å². The van der Waals surface area contributed by atoms with Crippen molar-refractivity contribution >= 4 is 22.4 Å². The summed E-state index contributed by atoms with van der Waals surface area (Å²) in [6, 6.07) is 0.0439. The van der Waals surface area contributed by atoms with Gasteiger partial charge in [-0.2, -0.15) is 0 Å². The molecule has 1 rings (SSSR count). The van der Waals surface area contributed by atoms with E-state index in [0.29, 0.717) is 22.1 Å². The zero-order chi connectivity index (χ0) is 12.1. The van der Waals surface area contributed by atoms with Gasteiger partial charge in [-0.1, -0.05) is 11.3 Å². The third-order valence-electron chi connectivity index (χ3n) is 2.19. The largest absolute Gasteiger partial charge is 0.396 e. The monoisotopic (exact) mass is 243 g/mol. The Hall–Kier alpha value is -1.14. The van der Waals surface area contributed by atoms with Crippen LogP contribution >= 0.6 is 11.3 Å². The molecule has 0 spiro atoms. The molecular weight excluding hydrogens is 226 g/mol. The number of amides is 1. The van der Waals surface area contributed by atoms with Crippen LogP contribution in [-0.4, -0.2) is 28.6 Å². The van der Waals surface area contributed by atoms with E-state index >= 15 is 0 Å². The molecule has 0 saturated carbocycles. The normalized spacial score (nSPS) is 12.4. The maximum Gasteiger partial charge on any atom is 0.263 e. The molecule has 1 aromatic heterocycles.